The Morgan fingerprint density at radius 1 is 1.29 bits per heavy atom. The number of rotatable bonds is 9. The number of amides is 1. The van der Waals surface area contributed by atoms with Gasteiger partial charge in [-0.2, -0.15) is 11.8 Å². The Balaban J connectivity index is 2.32. The normalized spacial score (nSPS) is 11.9. The quantitative estimate of drug-likeness (QED) is 0.730. The second-order valence-corrected chi connectivity index (χ2v) is 6.69. The Hall–Kier alpha value is -1.14. The van der Waals surface area contributed by atoms with Crippen LogP contribution in [0.15, 0.2) is 24.3 Å². The van der Waals surface area contributed by atoms with E-state index in [0.717, 1.165) is 11.3 Å². The van der Waals surface area contributed by atoms with Crippen LogP contribution in [0.2, 0.25) is 0 Å². The zero-order valence-corrected chi connectivity index (χ0v) is 13.9. The third kappa shape index (κ3) is 7.43. The van der Waals surface area contributed by atoms with Crippen molar-refractivity contribution >= 4 is 35.4 Å². The summed E-state index contributed by atoms with van der Waals surface area (Å²) in [5.41, 5.74) is 2.37. The van der Waals surface area contributed by atoms with Crippen LogP contribution in [0.4, 0.5) is 0 Å². The van der Waals surface area contributed by atoms with Crippen LogP contribution in [0.3, 0.4) is 0 Å². The summed E-state index contributed by atoms with van der Waals surface area (Å²) in [6.45, 7) is 2.03. The number of carboxylic acids is 1. The van der Waals surface area contributed by atoms with Crippen LogP contribution in [0, 0.1) is 6.92 Å². The Labute approximate surface area is 134 Å². The molecular formula is C15H21NO3S2. The van der Waals surface area contributed by atoms with Gasteiger partial charge in [-0.1, -0.05) is 29.8 Å². The van der Waals surface area contributed by atoms with Crippen molar-refractivity contribution in [2.24, 2.45) is 0 Å². The van der Waals surface area contributed by atoms with Gasteiger partial charge in [-0.3, -0.25) is 4.79 Å². The number of hydrogen-bond donors (Lipinski definition) is 2. The maximum absolute atomic E-state index is 11.8. The number of carbonyl (C=O) groups is 2. The number of nitrogens with one attached hydrogen (secondary N) is 1. The zero-order chi connectivity index (χ0) is 15.7. The first-order valence-corrected chi connectivity index (χ1v) is 9.22. The molecule has 116 valence electrons. The third-order valence-electron chi connectivity index (χ3n) is 2.87. The van der Waals surface area contributed by atoms with Gasteiger partial charge in [-0.15, -0.1) is 11.8 Å². The van der Waals surface area contributed by atoms with Crippen molar-refractivity contribution in [3.8, 4) is 0 Å². The molecule has 1 atom stereocenters. The first-order valence-electron chi connectivity index (χ1n) is 6.67. The molecule has 4 nitrogen and oxygen atoms in total. The van der Waals surface area contributed by atoms with Gasteiger partial charge in [-0.25, -0.2) is 4.79 Å². The molecule has 0 aliphatic carbocycles. The molecule has 0 saturated carbocycles. The van der Waals surface area contributed by atoms with Crippen LogP contribution in [0.5, 0.6) is 0 Å². The van der Waals surface area contributed by atoms with E-state index in [9.17, 15) is 9.59 Å². The molecule has 0 spiro atoms. The molecule has 0 saturated heterocycles. The molecule has 1 rings (SSSR count). The van der Waals surface area contributed by atoms with Crippen LogP contribution in [-0.4, -0.2) is 40.8 Å². The molecule has 21 heavy (non-hydrogen) atoms. The maximum Gasteiger partial charge on any atom is 0.326 e. The second-order valence-electron chi connectivity index (χ2n) is 4.72. The summed E-state index contributed by atoms with van der Waals surface area (Å²) in [6.07, 6.45) is 2.36. The van der Waals surface area contributed by atoms with Crippen molar-refractivity contribution in [1.29, 1.82) is 0 Å². The van der Waals surface area contributed by atoms with E-state index < -0.39 is 12.0 Å². The predicted octanol–water partition coefficient (Wildman–Crippen LogP) is 2.55. The summed E-state index contributed by atoms with van der Waals surface area (Å²) in [5, 5.41) is 11.6. The van der Waals surface area contributed by atoms with Crippen molar-refractivity contribution in [3.63, 3.8) is 0 Å². The van der Waals surface area contributed by atoms with Gasteiger partial charge in [0.2, 0.25) is 5.91 Å². The molecular weight excluding hydrogens is 306 g/mol. The third-order valence-corrected chi connectivity index (χ3v) is 4.51. The minimum atomic E-state index is -0.971. The van der Waals surface area contributed by atoms with E-state index in [0.29, 0.717) is 12.2 Å². The summed E-state index contributed by atoms with van der Waals surface area (Å²) in [7, 11) is 0. The van der Waals surface area contributed by atoms with Gasteiger partial charge in [0.15, 0.2) is 0 Å². The van der Waals surface area contributed by atoms with Gasteiger partial charge in [0, 0.05) is 5.75 Å². The number of thioether (sulfide) groups is 2. The molecule has 0 aliphatic heterocycles. The van der Waals surface area contributed by atoms with Crippen LogP contribution in [-0.2, 0) is 15.3 Å². The lowest BCUT2D eigenvalue weighted by molar-refractivity contribution is -0.141. The highest BCUT2D eigenvalue weighted by Gasteiger charge is 2.18. The largest absolute Gasteiger partial charge is 0.480 e. The van der Waals surface area contributed by atoms with Crippen LogP contribution in [0.25, 0.3) is 0 Å². The molecule has 0 heterocycles. The van der Waals surface area contributed by atoms with E-state index in [1.165, 1.54) is 17.3 Å². The summed E-state index contributed by atoms with van der Waals surface area (Å²) < 4.78 is 0. The lowest BCUT2D eigenvalue weighted by Crippen LogP contribution is -2.42. The minimum absolute atomic E-state index is 0.222. The van der Waals surface area contributed by atoms with Crippen LogP contribution in [0.1, 0.15) is 17.5 Å². The van der Waals surface area contributed by atoms with Crippen molar-refractivity contribution < 1.29 is 14.7 Å². The summed E-state index contributed by atoms with van der Waals surface area (Å²) >= 11 is 3.06. The van der Waals surface area contributed by atoms with E-state index in [1.54, 1.807) is 11.8 Å². The van der Waals surface area contributed by atoms with Crippen LogP contribution < -0.4 is 5.32 Å². The number of hydrogen-bond acceptors (Lipinski definition) is 4. The van der Waals surface area contributed by atoms with Gasteiger partial charge in [-0.05, 0) is 30.9 Å². The van der Waals surface area contributed by atoms with Crippen molar-refractivity contribution in [2.45, 2.75) is 25.1 Å². The van der Waals surface area contributed by atoms with Crippen molar-refractivity contribution in [1.82, 2.24) is 5.32 Å². The molecule has 6 heteroatoms. The van der Waals surface area contributed by atoms with E-state index in [2.05, 4.69) is 5.32 Å². The van der Waals surface area contributed by atoms with E-state index >= 15 is 0 Å². The summed E-state index contributed by atoms with van der Waals surface area (Å²) in [5.74, 6) is 0.544. The fourth-order valence-corrected chi connectivity index (χ4v) is 2.95. The number of benzene rings is 1. The van der Waals surface area contributed by atoms with Gasteiger partial charge in [0.1, 0.15) is 6.04 Å². The van der Waals surface area contributed by atoms with Gasteiger partial charge >= 0.3 is 5.97 Å². The number of carbonyl (C=O) groups excluding carboxylic acids is 1. The number of aryl methyl sites for hydroxylation is 1. The van der Waals surface area contributed by atoms with Crippen molar-refractivity contribution in [2.75, 3.05) is 17.8 Å². The molecule has 1 amide bonds. The van der Waals surface area contributed by atoms with Crippen LogP contribution >= 0.6 is 23.5 Å². The monoisotopic (exact) mass is 327 g/mol. The predicted molar refractivity (Wildman–Crippen MR) is 89.9 cm³/mol. The molecule has 0 unspecified atom stereocenters. The Morgan fingerprint density at radius 2 is 1.95 bits per heavy atom. The lowest BCUT2D eigenvalue weighted by atomic mass is 10.2. The molecule has 0 bridgehead atoms. The maximum atomic E-state index is 11.8. The fraction of sp³-hybridized carbons (Fsp3) is 0.467. The zero-order valence-electron chi connectivity index (χ0n) is 12.3. The smallest absolute Gasteiger partial charge is 0.326 e. The minimum Gasteiger partial charge on any atom is -0.480 e. The first-order chi connectivity index (χ1) is 10.0. The highest BCUT2D eigenvalue weighted by Crippen LogP contribution is 2.13. The molecule has 0 aromatic heterocycles. The van der Waals surface area contributed by atoms with E-state index in [4.69, 9.17) is 5.11 Å². The van der Waals surface area contributed by atoms with E-state index in [-0.39, 0.29) is 11.7 Å². The Morgan fingerprint density at radius 3 is 2.52 bits per heavy atom. The van der Waals surface area contributed by atoms with Gasteiger partial charge < -0.3 is 10.4 Å². The SMILES string of the molecule is CSCC[C@@H](NC(=O)CSCc1ccc(C)cc1)C(=O)O. The molecule has 0 radical (unpaired) electrons. The average molecular weight is 327 g/mol. The Bertz CT molecular complexity index is 462. The number of aliphatic carboxylic acids is 1. The molecule has 0 aliphatic rings. The first kappa shape index (κ1) is 17.9. The molecule has 1 aromatic carbocycles. The molecule has 0 fully saturated rings. The summed E-state index contributed by atoms with van der Waals surface area (Å²) in [4.78, 5) is 22.8. The fourth-order valence-electron chi connectivity index (χ4n) is 1.67. The highest BCUT2D eigenvalue weighted by molar-refractivity contribution is 7.99. The standard InChI is InChI=1S/C15H21NO3S2/c1-11-3-5-12(6-4-11)9-21-10-14(17)16-13(15(18)19)7-8-20-2/h3-6,13H,7-10H2,1-2H3,(H,16,17)(H,18,19)/t13-/m1/s1. The van der Waals surface area contributed by atoms with E-state index in [1.807, 2.05) is 37.4 Å². The molecule has 1 aromatic rings. The van der Waals surface area contributed by atoms with Gasteiger partial charge in [0.05, 0.1) is 5.75 Å². The highest BCUT2D eigenvalue weighted by atomic mass is 32.2. The number of carboxylic acid groups (broad SMARTS) is 1. The second kappa shape index (κ2) is 9.73. The summed E-state index contributed by atoms with van der Waals surface area (Å²) in [6, 6.07) is 7.37. The van der Waals surface area contributed by atoms with Gasteiger partial charge in [0.25, 0.3) is 0 Å². The average Bonchev–Trinajstić information content (AvgIpc) is 2.45. The lowest BCUT2D eigenvalue weighted by Gasteiger charge is -2.13. The Kier molecular flexibility index (Phi) is 8.30. The van der Waals surface area contributed by atoms with Crippen molar-refractivity contribution in [3.05, 3.63) is 35.4 Å². The molecule has 2 N–H and O–H groups in total. The topological polar surface area (TPSA) is 66.4 Å².